The molecule has 1 aliphatic rings. The van der Waals surface area contributed by atoms with Crippen molar-refractivity contribution >= 4 is 27.5 Å². The zero-order chi connectivity index (χ0) is 6.85. The van der Waals surface area contributed by atoms with Crippen LogP contribution in [0.4, 0.5) is 0 Å². The van der Waals surface area contributed by atoms with Crippen LogP contribution in [0.1, 0.15) is 0 Å². The number of halogens is 2. The van der Waals surface area contributed by atoms with Gasteiger partial charge in [-0.1, -0.05) is 33.6 Å². The van der Waals surface area contributed by atoms with E-state index in [1.54, 1.807) is 12.2 Å². The van der Waals surface area contributed by atoms with E-state index in [1.165, 1.54) is 0 Å². The van der Waals surface area contributed by atoms with Gasteiger partial charge in [-0.15, -0.1) is 0 Å². The largest absolute Gasteiger partial charge is 0.387 e. The van der Waals surface area contributed by atoms with Crippen LogP contribution in [0.3, 0.4) is 0 Å². The summed E-state index contributed by atoms with van der Waals surface area (Å²) in [7, 11) is 0. The summed E-state index contributed by atoms with van der Waals surface area (Å²) in [6.45, 7) is 0. The van der Waals surface area contributed by atoms with Crippen molar-refractivity contribution in [2.75, 3.05) is 0 Å². The molecule has 0 spiro atoms. The molecule has 0 bridgehead atoms. The van der Waals surface area contributed by atoms with E-state index in [0.29, 0.717) is 5.03 Å². The third-order valence-electron chi connectivity index (χ3n) is 1.10. The second-order valence-electron chi connectivity index (χ2n) is 1.85. The third kappa shape index (κ3) is 1.81. The molecule has 1 N–H and O–H groups in total. The molecular weight excluding hydrogens is 203 g/mol. The SMILES string of the molecule is OC1C=C(Cl)C=CC1Br. The van der Waals surface area contributed by atoms with Crippen LogP contribution in [0, 0.1) is 0 Å². The van der Waals surface area contributed by atoms with Crippen LogP contribution in [0.5, 0.6) is 0 Å². The average Bonchev–Trinajstić information content (AvgIpc) is 1.80. The molecule has 0 heterocycles. The van der Waals surface area contributed by atoms with Gasteiger partial charge < -0.3 is 5.11 Å². The summed E-state index contributed by atoms with van der Waals surface area (Å²) < 4.78 is 0. The number of rotatable bonds is 0. The molecule has 0 saturated carbocycles. The molecule has 1 aliphatic carbocycles. The maximum absolute atomic E-state index is 9.09. The van der Waals surface area contributed by atoms with Gasteiger partial charge in [-0.2, -0.15) is 0 Å². The van der Waals surface area contributed by atoms with Crippen LogP contribution in [-0.4, -0.2) is 16.0 Å². The molecule has 1 rings (SSSR count). The first-order valence-corrected chi connectivity index (χ1v) is 3.87. The Morgan fingerprint density at radius 2 is 2.33 bits per heavy atom. The van der Waals surface area contributed by atoms with Gasteiger partial charge >= 0.3 is 0 Å². The minimum atomic E-state index is -0.484. The molecule has 1 nitrogen and oxygen atoms in total. The number of alkyl halides is 1. The van der Waals surface area contributed by atoms with E-state index in [9.17, 15) is 0 Å². The number of allylic oxidation sites excluding steroid dienone is 2. The second kappa shape index (κ2) is 2.86. The molecule has 0 saturated heterocycles. The van der Waals surface area contributed by atoms with Gasteiger partial charge in [-0.3, -0.25) is 0 Å². The van der Waals surface area contributed by atoms with Crippen LogP contribution in [0.2, 0.25) is 0 Å². The van der Waals surface area contributed by atoms with E-state index in [2.05, 4.69) is 15.9 Å². The van der Waals surface area contributed by atoms with Gasteiger partial charge in [-0.05, 0) is 12.2 Å². The molecule has 0 aromatic carbocycles. The Bertz CT molecular complexity index is 164. The minimum Gasteiger partial charge on any atom is -0.387 e. The van der Waals surface area contributed by atoms with Crippen molar-refractivity contribution in [1.82, 2.24) is 0 Å². The Labute approximate surface area is 67.1 Å². The van der Waals surface area contributed by atoms with Crippen molar-refractivity contribution in [2.24, 2.45) is 0 Å². The molecule has 0 aliphatic heterocycles. The lowest BCUT2D eigenvalue weighted by Gasteiger charge is -2.12. The normalized spacial score (nSPS) is 34.3. The topological polar surface area (TPSA) is 20.2 Å². The Morgan fingerprint density at radius 1 is 1.67 bits per heavy atom. The summed E-state index contributed by atoms with van der Waals surface area (Å²) in [5, 5.41) is 9.68. The fourth-order valence-corrected chi connectivity index (χ4v) is 1.12. The lowest BCUT2D eigenvalue weighted by Crippen LogP contribution is -2.17. The first kappa shape index (κ1) is 7.32. The summed E-state index contributed by atoms with van der Waals surface area (Å²) in [6, 6.07) is 0. The predicted octanol–water partition coefficient (Wildman–Crippen LogP) is 1.80. The first-order valence-electron chi connectivity index (χ1n) is 2.58. The Kier molecular flexibility index (Phi) is 2.33. The van der Waals surface area contributed by atoms with E-state index >= 15 is 0 Å². The van der Waals surface area contributed by atoms with Crippen molar-refractivity contribution < 1.29 is 5.11 Å². The minimum absolute atomic E-state index is 0.0139. The predicted molar refractivity (Wildman–Crippen MR) is 41.8 cm³/mol. The number of hydrogen-bond acceptors (Lipinski definition) is 1. The Morgan fingerprint density at radius 3 is 2.78 bits per heavy atom. The summed E-state index contributed by atoms with van der Waals surface area (Å²) in [5.74, 6) is 0. The highest BCUT2D eigenvalue weighted by atomic mass is 79.9. The molecule has 0 amide bonds. The van der Waals surface area contributed by atoms with Gasteiger partial charge in [0.15, 0.2) is 0 Å². The first-order chi connectivity index (χ1) is 4.20. The highest BCUT2D eigenvalue weighted by molar-refractivity contribution is 9.09. The van der Waals surface area contributed by atoms with Gasteiger partial charge in [0.05, 0.1) is 10.9 Å². The zero-order valence-corrected chi connectivity index (χ0v) is 6.93. The quantitative estimate of drug-likeness (QED) is 0.603. The van der Waals surface area contributed by atoms with Crippen molar-refractivity contribution in [3.05, 3.63) is 23.3 Å². The average molecular weight is 209 g/mol. The molecule has 0 radical (unpaired) electrons. The summed E-state index contributed by atoms with van der Waals surface area (Å²) in [6.07, 6.45) is 4.68. The van der Waals surface area contributed by atoms with Crippen LogP contribution in [0.15, 0.2) is 23.3 Å². The summed E-state index contributed by atoms with van der Waals surface area (Å²) in [5.41, 5.74) is 0. The smallest absolute Gasteiger partial charge is 0.0898 e. The zero-order valence-electron chi connectivity index (χ0n) is 4.59. The van der Waals surface area contributed by atoms with Crippen molar-refractivity contribution in [3.63, 3.8) is 0 Å². The van der Waals surface area contributed by atoms with Crippen molar-refractivity contribution in [3.8, 4) is 0 Å². The van der Waals surface area contributed by atoms with Gasteiger partial charge in [-0.25, -0.2) is 0 Å². The van der Waals surface area contributed by atoms with Gasteiger partial charge in [0.25, 0.3) is 0 Å². The fourth-order valence-electron chi connectivity index (χ4n) is 0.608. The highest BCUT2D eigenvalue weighted by Crippen LogP contribution is 2.19. The number of aliphatic hydroxyl groups is 1. The monoisotopic (exact) mass is 208 g/mol. The Hall–Kier alpha value is 0.210. The third-order valence-corrected chi connectivity index (χ3v) is 2.19. The van der Waals surface area contributed by atoms with E-state index in [4.69, 9.17) is 16.7 Å². The van der Waals surface area contributed by atoms with Gasteiger partial charge in [0.2, 0.25) is 0 Å². The highest BCUT2D eigenvalue weighted by Gasteiger charge is 2.13. The van der Waals surface area contributed by atoms with E-state index < -0.39 is 6.10 Å². The summed E-state index contributed by atoms with van der Waals surface area (Å²) in [4.78, 5) is 0.0139. The van der Waals surface area contributed by atoms with Crippen LogP contribution in [0.25, 0.3) is 0 Å². The van der Waals surface area contributed by atoms with Crippen LogP contribution < -0.4 is 0 Å². The fraction of sp³-hybridized carbons (Fsp3) is 0.333. The molecule has 0 aromatic heterocycles. The molecule has 2 unspecified atom stereocenters. The molecule has 0 fully saturated rings. The van der Waals surface area contributed by atoms with Gasteiger partial charge in [0.1, 0.15) is 0 Å². The second-order valence-corrected chi connectivity index (χ2v) is 3.34. The van der Waals surface area contributed by atoms with Gasteiger partial charge in [0, 0.05) is 5.03 Å². The Balaban J connectivity index is 2.70. The molecule has 9 heavy (non-hydrogen) atoms. The van der Waals surface area contributed by atoms with E-state index in [-0.39, 0.29) is 4.83 Å². The molecule has 2 atom stereocenters. The molecule has 3 heteroatoms. The lowest BCUT2D eigenvalue weighted by molar-refractivity contribution is 0.232. The van der Waals surface area contributed by atoms with E-state index in [1.807, 2.05) is 6.08 Å². The van der Waals surface area contributed by atoms with Crippen LogP contribution >= 0.6 is 27.5 Å². The molecular formula is C6H6BrClO. The van der Waals surface area contributed by atoms with Crippen molar-refractivity contribution in [1.29, 1.82) is 0 Å². The molecule has 50 valence electrons. The van der Waals surface area contributed by atoms with E-state index in [0.717, 1.165) is 0 Å². The van der Waals surface area contributed by atoms with Crippen molar-refractivity contribution in [2.45, 2.75) is 10.9 Å². The standard InChI is InChI=1S/C6H6BrClO/c7-5-2-1-4(8)3-6(5)9/h1-3,5-6,9H. The molecule has 0 aromatic rings. The number of hydrogen-bond donors (Lipinski definition) is 1. The summed E-state index contributed by atoms with van der Waals surface area (Å²) >= 11 is 8.81. The maximum atomic E-state index is 9.09. The van der Waals surface area contributed by atoms with Crippen LogP contribution in [-0.2, 0) is 0 Å². The number of aliphatic hydroxyl groups excluding tert-OH is 1. The maximum Gasteiger partial charge on any atom is 0.0898 e. The lowest BCUT2D eigenvalue weighted by atomic mass is 10.1.